The third kappa shape index (κ3) is 4.54. The third-order valence-electron chi connectivity index (χ3n) is 5.45. The zero-order valence-electron chi connectivity index (χ0n) is 18.1. The number of hydrogen-bond donors (Lipinski definition) is 1. The van der Waals surface area contributed by atoms with E-state index in [9.17, 15) is 9.59 Å². The number of carbonyl (C=O) groups excluding carboxylic acids is 2. The van der Waals surface area contributed by atoms with Crippen molar-refractivity contribution < 1.29 is 14.3 Å². The highest BCUT2D eigenvalue weighted by Gasteiger charge is 2.30. The van der Waals surface area contributed by atoms with Gasteiger partial charge in [0.1, 0.15) is 5.00 Å². The molecule has 0 radical (unpaired) electrons. The molecule has 2 heterocycles. The molecule has 2 aromatic rings. The second-order valence-corrected chi connectivity index (χ2v) is 9.90. The van der Waals surface area contributed by atoms with Crippen LogP contribution in [0.4, 0.5) is 5.00 Å². The minimum Gasteiger partial charge on any atom is -0.465 e. The van der Waals surface area contributed by atoms with Crippen molar-refractivity contribution in [3.8, 4) is 0 Å². The Morgan fingerprint density at radius 3 is 2.38 bits per heavy atom. The van der Waals surface area contributed by atoms with Crippen LogP contribution in [0.25, 0.3) is 0 Å². The summed E-state index contributed by atoms with van der Waals surface area (Å²) < 4.78 is 5.02. The number of rotatable bonds is 4. The Kier molecular flexibility index (Phi) is 6.15. The molecule has 1 aromatic carbocycles. The fourth-order valence-corrected chi connectivity index (χ4v) is 4.82. The maximum Gasteiger partial charge on any atom is 0.341 e. The topological polar surface area (TPSA) is 58.6 Å². The quantitative estimate of drug-likeness (QED) is 0.727. The van der Waals surface area contributed by atoms with E-state index in [0.717, 1.165) is 30.0 Å². The molecule has 1 aliphatic heterocycles. The number of nitrogens with one attached hydrogen (secondary N) is 1. The molecule has 0 bridgehead atoms. The van der Waals surface area contributed by atoms with Gasteiger partial charge < -0.3 is 10.1 Å². The van der Waals surface area contributed by atoms with Crippen LogP contribution in [0, 0.1) is 0 Å². The first-order chi connectivity index (χ1) is 13.6. The average Bonchev–Trinajstić information content (AvgIpc) is 3.03. The fourth-order valence-electron chi connectivity index (χ4n) is 3.57. The normalized spacial score (nSPS) is 14.6. The predicted octanol–water partition coefficient (Wildman–Crippen LogP) is 4.85. The van der Waals surface area contributed by atoms with Gasteiger partial charge in [-0.1, -0.05) is 32.9 Å². The van der Waals surface area contributed by atoms with E-state index in [-0.39, 0.29) is 17.3 Å². The van der Waals surface area contributed by atoms with Gasteiger partial charge in [0.15, 0.2) is 0 Å². The Balaban J connectivity index is 1.88. The predicted molar refractivity (Wildman–Crippen MR) is 118 cm³/mol. The number of amides is 1. The Hall–Kier alpha value is -2.18. The van der Waals surface area contributed by atoms with Gasteiger partial charge >= 0.3 is 5.97 Å². The molecule has 0 aliphatic carbocycles. The van der Waals surface area contributed by atoms with E-state index >= 15 is 0 Å². The number of ether oxygens (including phenoxy) is 1. The summed E-state index contributed by atoms with van der Waals surface area (Å²) in [5, 5.41) is 3.54. The van der Waals surface area contributed by atoms with Crippen molar-refractivity contribution in [1.82, 2.24) is 4.90 Å². The van der Waals surface area contributed by atoms with Crippen LogP contribution in [0.2, 0.25) is 0 Å². The Bertz CT molecular complexity index is 907. The van der Waals surface area contributed by atoms with E-state index in [2.05, 4.69) is 44.8 Å². The molecular weight excluding hydrogens is 384 g/mol. The lowest BCUT2D eigenvalue weighted by Crippen LogP contribution is -2.35. The molecule has 1 amide bonds. The van der Waals surface area contributed by atoms with Gasteiger partial charge in [-0.15, -0.1) is 11.3 Å². The third-order valence-corrected chi connectivity index (χ3v) is 6.58. The van der Waals surface area contributed by atoms with Crippen molar-refractivity contribution in [3.05, 3.63) is 51.4 Å². The summed E-state index contributed by atoms with van der Waals surface area (Å²) in [5.74, 6) is -0.603. The molecule has 0 spiro atoms. The highest BCUT2D eigenvalue weighted by Crippen LogP contribution is 2.38. The fraction of sp³-hybridized carbons (Fsp3) is 0.478. The average molecular weight is 415 g/mol. The first kappa shape index (κ1) is 21.5. The van der Waals surface area contributed by atoms with Crippen molar-refractivity contribution in [2.45, 2.75) is 59.0 Å². The van der Waals surface area contributed by atoms with Crippen molar-refractivity contribution >= 4 is 28.2 Å². The lowest BCUT2D eigenvalue weighted by atomic mass is 9.87. The maximum atomic E-state index is 12.9. The second-order valence-electron chi connectivity index (χ2n) is 8.80. The van der Waals surface area contributed by atoms with E-state index in [1.807, 2.05) is 24.3 Å². The minimum absolute atomic E-state index is 0.0299. The number of methoxy groups -OCH3 is 1. The van der Waals surface area contributed by atoms with Gasteiger partial charge in [-0.3, -0.25) is 9.69 Å². The summed E-state index contributed by atoms with van der Waals surface area (Å²) in [5.41, 5.74) is 3.30. The summed E-state index contributed by atoms with van der Waals surface area (Å²) in [4.78, 5) is 28.8. The largest absolute Gasteiger partial charge is 0.465 e. The van der Waals surface area contributed by atoms with Gasteiger partial charge in [0.2, 0.25) is 0 Å². The van der Waals surface area contributed by atoms with Crippen LogP contribution in [0.1, 0.15) is 71.3 Å². The van der Waals surface area contributed by atoms with Gasteiger partial charge in [-0.2, -0.15) is 0 Å². The summed E-state index contributed by atoms with van der Waals surface area (Å²) in [7, 11) is 1.38. The van der Waals surface area contributed by atoms with Crippen molar-refractivity contribution in [2.24, 2.45) is 0 Å². The maximum absolute atomic E-state index is 12.9. The molecule has 0 unspecified atom stereocenters. The first-order valence-electron chi connectivity index (χ1n) is 10.0. The molecule has 1 aliphatic rings. The number of carbonyl (C=O) groups is 2. The van der Waals surface area contributed by atoms with Crippen molar-refractivity contribution in [2.75, 3.05) is 19.0 Å². The Morgan fingerprint density at radius 2 is 1.83 bits per heavy atom. The zero-order valence-corrected chi connectivity index (χ0v) is 18.9. The van der Waals surface area contributed by atoms with E-state index < -0.39 is 0 Å². The minimum atomic E-state index is -0.390. The Labute approximate surface area is 177 Å². The van der Waals surface area contributed by atoms with Crippen molar-refractivity contribution in [1.29, 1.82) is 0 Å². The molecule has 3 rings (SSSR count). The summed E-state index contributed by atoms with van der Waals surface area (Å²) in [6.45, 7) is 12.4. The van der Waals surface area contributed by atoms with Gasteiger partial charge in [0.25, 0.3) is 5.91 Å². The molecular formula is C23H30N2O3S. The molecule has 0 saturated carbocycles. The van der Waals surface area contributed by atoms with Crippen LogP contribution in [0.5, 0.6) is 0 Å². The van der Waals surface area contributed by atoms with Crippen LogP contribution in [0.15, 0.2) is 24.3 Å². The number of fused-ring (bicyclic) bond motifs is 1. The molecule has 29 heavy (non-hydrogen) atoms. The zero-order chi connectivity index (χ0) is 21.3. The van der Waals surface area contributed by atoms with Crippen LogP contribution >= 0.6 is 11.3 Å². The standard InChI is InChI=1S/C23H30N2O3S/c1-14(2)25-12-11-17-18(13-25)29-21(19(17)22(27)28-6)24-20(26)15-7-9-16(10-8-15)23(3,4)5/h7-10,14H,11-13H2,1-6H3,(H,24,26). The lowest BCUT2D eigenvalue weighted by molar-refractivity contribution is 0.0600. The van der Waals surface area contributed by atoms with E-state index in [1.165, 1.54) is 24.0 Å². The number of nitrogens with zero attached hydrogens (tertiary/aromatic N) is 1. The summed E-state index contributed by atoms with van der Waals surface area (Å²) in [6, 6.07) is 8.07. The SMILES string of the molecule is COC(=O)c1c(NC(=O)c2ccc(C(C)(C)C)cc2)sc2c1CCN(C(C)C)C2. The smallest absolute Gasteiger partial charge is 0.341 e. The van der Waals surface area contributed by atoms with Gasteiger partial charge in [0, 0.05) is 29.6 Å². The van der Waals surface area contributed by atoms with Crippen LogP contribution < -0.4 is 5.32 Å². The molecule has 0 saturated heterocycles. The monoisotopic (exact) mass is 414 g/mol. The van der Waals surface area contributed by atoms with Gasteiger partial charge in [-0.05, 0) is 48.9 Å². The number of hydrogen-bond acceptors (Lipinski definition) is 5. The van der Waals surface area contributed by atoms with Crippen LogP contribution in [-0.4, -0.2) is 36.5 Å². The van der Waals surface area contributed by atoms with Crippen LogP contribution in [0.3, 0.4) is 0 Å². The molecule has 0 atom stereocenters. The van der Waals surface area contributed by atoms with Gasteiger partial charge in [0.05, 0.1) is 12.7 Å². The molecule has 0 fully saturated rings. The molecule has 156 valence electrons. The molecule has 5 nitrogen and oxygen atoms in total. The van der Waals surface area contributed by atoms with E-state index in [0.29, 0.717) is 22.2 Å². The van der Waals surface area contributed by atoms with Crippen LogP contribution in [-0.2, 0) is 23.1 Å². The Morgan fingerprint density at radius 1 is 1.17 bits per heavy atom. The van der Waals surface area contributed by atoms with E-state index in [4.69, 9.17) is 4.74 Å². The number of benzene rings is 1. The number of esters is 1. The molecule has 1 aromatic heterocycles. The lowest BCUT2D eigenvalue weighted by Gasteiger charge is -2.30. The highest BCUT2D eigenvalue weighted by molar-refractivity contribution is 7.17. The highest BCUT2D eigenvalue weighted by atomic mass is 32.1. The summed E-state index contributed by atoms with van der Waals surface area (Å²) in [6.07, 6.45) is 0.782. The first-order valence-corrected chi connectivity index (χ1v) is 10.8. The van der Waals surface area contributed by atoms with Gasteiger partial charge in [-0.25, -0.2) is 4.79 Å². The molecule has 1 N–H and O–H groups in total. The number of thiophene rings is 1. The van der Waals surface area contributed by atoms with Crippen molar-refractivity contribution in [3.63, 3.8) is 0 Å². The second kappa shape index (κ2) is 8.28. The molecule has 6 heteroatoms. The summed E-state index contributed by atoms with van der Waals surface area (Å²) >= 11 is 1.48. The number of anilines is 1. The van der Waals surface area contributed by atoms with E-state index in [1.54, 1.807) is 0 Å².